The smallest absolute Gasteiger partial charge is 0.410 e. The number of anilines is 1. The van der Waals surface area contributed by atoms with Gasteiger partial charge in [-0.1, -0.05) is 103 Å². The van der Waals surface area contributed by atoms with Crippen LogP contribution in [0.15, 0.2) is 24.3 Å². The minimum absolute atomic E-state index is 0.407. The van der Waals surface area contributed by atoms with Crippen molar-refractivity contribution in [3.05, 3.63) is 24.3 Å². The predicted molar refractivity (Wildman–Crippen MR) is 120 cm³/mol. The highest BCUT2D eigenvalue weighted by molar-refractivity contribution is 5.70. The van der Waals surface area contributed by atoms with Gasteiger partial charge in [0.05, 0.1) is 0 Å². The predicted octanol–water partition coefficient (Wildman–Crippen LogP) is 7.23. The third-order valence-corrected chi connectivity index (χ3v) is 5.12. The lowest BCUT2D eigenvalue weighted by Crippen LogP contribution is -2.27. The van der Waals surface area contributed by atoms with E-state index in [1.807, 2.05) is 0 Å². The maximum atomic E-state index is 11.7. The minimum atomic E-state index is -0.407. The summed E-state index contributed by atoms with van der Waals surface area (Å²) in [7, 11) is 0. The highest BCUT2D eigenvalue weighted by Crippen LogP contribution is 2.15. The van der Waals surface area contributed by atoms with Gasteiger partial charge in [0.1, 0.15) is 5.75 Å². The fourth-order valence-electron chi connectivity index (χ4n) is 3.41. The van der Waals surface area contributed by atoms with E-state index in [1.165, 1.54) is 83.5 Å². The van der Waals surface area contributed by atoms with E-state index in [9.17, 15) is 4.79 Å². The van der Waals surface area contributed by atoms with Crippen molar-refractivity contribution < 1.29 is 9.53 Å². The summed E-state index contributed by atoms with van der Waals surface area (Å²) in [4.78, 5) is 11.7. The topological polar surface area (TPSA) is 64.3 Å². The average molecular weight is 391 g/mol. The number of ether oxygens (including phenoxy) is 1. The summed E-state index contributed by atoms with van der Waals surface area (Å²) < 4.78 is 5.19. The molecule has 0 atom stereocenters. The first-order valence-electron chi connectivity index (χ1n) is 11.5. The lowest BCUT2D eigenvalue weighted by atomic mass is 10.0. The number of nitrogens with two attached hydrogens (primary N) is 1. The summed E-state index contributed by atoms with van der Waals surface area (Å²) in [6.45, 7) is 2.94. The maximum absolute atomic E-state index is 11.7. The number of rotatable bonds is 17. The molecule has 0 saturated carbocycles. The molecule has 0 bridgehead atoms. The Morgan fingerprint density at radius 2 is 1.32 bits per heavy atom. The van der Waals surface area contributed by atoms with E-state index in [0.717, 1.165) is 12.8 Å². The Hall–Kier alpha value is -1.71. The van der Waals surface area contributed by atoms with Gasteiger partial charge in [0.25, 0.3) is 0 Å². The zero-order valence-corrected chi connectivity index (χ0v) is 18.0. The van der Waals surface area contributed by atoms with Crippen LogP contribution in [0.25, 0.3) is 0 Å². The van der Waals surface area contributed by atoms with E-state index < -0.39 is 6.09 Å². The number of hydrogen-bond acceptors (Lipinski definition) is 3. The van der Waals surface area contributed by atoms with E-state index in [0.29, 0.717) is 18.0 Å². The van der Waals surface area contributed by atoms with E-state index >= 15 is 0 Å². The first kappa shape index (κ1) is 24.3. The fraction of sp³-hybridized carbons (Fsp3) is 0.708. The molecule has 28 heavy (non-hydrogen) atoms. The second kappa shape index (κ2) is 17.4. The lowest BCUT2D eigenvalue weighted by molar-refractivity contribution is 0.200. The zero-order valence-electron chi connectivity index (χ0n) is 18.0. The molecule has 0 radical (unpaired) electrons. The summed E-state index contributed by atoms with van der Waals surface area (Å²) in [6, 6.07) is 6.91. The van der Waals surface area contributed by atoms with Gasteiger partial charge in [-0.2, -0.15) is 0 Å². The Morgan fingerprint density at radius 3 is 1.82 bits per heavy atom. The second-order valence-corrected chi connectivity index (χ2v) is 7.84. The van der Waals surface area contributed by atoms with Crippen LogP contribution in [-0.2, 0) is 0 Å². The van der Waals surface area contributed by atoms with Crippen molar-refractivity contribution in [2.45, 2.75) is 103 Å². The van der Waals surface area contributed by atoms with Gasteiger partial charge in [0, 0.05) is 18.3 Å². The molecule has 0 unspecified atom stereocenters. The Labute approximate surface area is 172 Å². The highest BCUT2D eigenvalue weighted by Gasteiger charge is 2.03. The van der Waals surface area contributed by atoms with Gasteiger partial charge in [0.15, 0.2) is 0 Å². The third kappa shape index (κ3) is 14.4. The van der Waals surface area contributed by atoms with E-state index in [2.05, 4.69) is 12.2 Å². The van der Waals surface area contributed by atoms with Gasteiger partial charge < -0.3 is 15.8 Å². The van der Waals surface area contributed by atoms with E-state index in [1.54, 1.807) is 24.3 Å². The molecule has 0 saturated heterocycles. The Balaban J connectivity index is 1.80. The van der Waals surface area contributed by atoms with Gasteiger partial charge in [-0.3, -0.25) is 0 Å². The molecule has 4 heteroatoms. The van der Waals surface area contributed by atoms with Crippen LogP contribution in [0.2, 0.25) is 0 Å². The molecule has 1 aromatic rings. The largest absolute Gasteiger partial charge is 0.412 e. The number of unbranched alkanes of at least 4 members (excludes halogenated alkanes) is 14. The van der Waals surface area contributed by atoms with E-state index in [-0.39, 0.29) is 0 Å². The molecular formula is C24H42N2O2. The van der Waals surface area contributed by atoms with Gasteiger partial charge in [0.2, 0.25) is 0 Å². The lowest BCUT2D eigenvalue weighted by Gasteiger charge is -2.07. The van der Waals surface area contributed by atoms with Crippen LogP contribution in [-0.4, -0.2) is 12.6 Å². The number of amides is 1. The van der Waals surface area contributed by atoms with Crippen molar-refractivity contribution >= 4 is 11.8 Å². The van der Waals surface area contributed by atoms with Crippen LogP contribution < -0.4 is 15.8 Å². The molecule has 0 spiro atoms. The molecule has 160 valence electrons. The second-order valence-electron chi connectivity index (χ2n) is 7.84. The number of nitrogen functional groups attached to an aromatic ring is 1. The molecule has 0 aliphatic heterocycles. The fourth-order valence-corrected chi connectivity index (χ4v) is 3.41. The monoisotopic (exact) mass is 390 g/mol. The number of carbonyl (C=O) groups is 1. The minimum Gasteiger partial charge on any atom is -0.410 e. The Kier molecular flexibility index (Phi) is 15.1. The van der Waals surface area contributed by atoms with Crippen molar-refractivity contribution in [1.82, 2.24) is 5.32 Å². The van der Waals surface area contributed by atoms with Crippen LogP contribution in [0, 0.1) is 0 Å². The number of carbonyl (C=O) groups excluding carboxylic acids is 1. The van der Waals surface area contributed by atoms with Crippen LogP contribution in [0.3, 0.4) is 0 Å². The molecule has 0 aliphatic carbocycles. The molecule has 1 rings (SSSR count). The van der Waals surface area contributed by atoms with E-state index in [4.69, 9.17) is 10.5 Å². The molecule has 1 amide bonds. The molecular weight excluding hydrogens is 348 g/mol. The number of nitrogens with one attached hydrogen (secondary N) is 1. The normalized spacial score (nSPS) is 10.8. The zero-order chi connectivity index (χ0) is 20.3. The van der Waals surface area contributed by atoms with Crippen molar-refractivity contribution in [2.75, 3.05) is 12.3 Å². The van der Waals surface area contributed by atoms with Crippen LogP contribution in [0.4, 0.5) is 10.5 Å². The van der Waals surface area contributed by atoms with Gasteiger partial charge in [-0.15, -0.1) is 0 Å². The molecule has 0 aromatic heterocycles. The average Bonchev–Trinajstić information content (AvgIpc) is 2.67. The van der Waals surface area contributed by atoms with Crippen LogP contribution >= 0.6 is 0 Å². The van der Waals surface area contributed by atoms with Crippen LogP contribution in [0.1, 0.15) is 103 Å². The van der Waals surface area contributed by atoms with Crippen molar-refractivity contribution in [2.24, 2.45) is 0 Å². The van der Waals surface area contributed by atoms with Crippen molar-refractivity contribution in [3.8, 4) is 5.75 Å². The molecule has 4 nitrogen and oxygen atoms in total. The first-order chi connectivity index (χ1) is 13.7. The third-order valence-electron chi connectivity index (χ3n) is 5.12. The summed E-state index contributed by atoms with van der Waals surface area (Å²) in [5.41, 5.74) is 6.25. The highest BCUT2D eigenvalue weighted by atomic mass is 16.6. The SMILES string of the molecule is CCCCCCCCCCCCCCCCCNC(=O)Oc1cccc(N)c1. The molecule has 3 N–H and O–H groups in total. The molecule has 1 aromatic carbocycles. The van der Waals surface area contributed by atoms with Crippen LogP contribution in [0.5, 0.6) is 5.75 Å². The quantitative estimate of drug-likeness (QED) is 0.218. The Morgan fingerprint density at radius 1 is 0.821 bits per heavy atom. The molecule has 0 aliphatic rings. The molecule has 0 fully saturated rings. The van der Waals surface area contributed by atoms with Gasteiger partial charge in [-0.05, 0) is 18.6 Å². The summed E-state index contributed by atoms with van der Waals surface area (Å²) in [5.74, 6) is 0.481. The number of hydrogen-bond donors (Lipinski definition) is 2. The van der Waals surface area contributed by atoms with Crippen molar-refractivity contribution in [1.29, 1.82) is 0 Å². The maximum Gasteiger partial charge on any atom is 0.412 e. The summed E-state index contributed by atoms with van der Waals surface area (Å²) in [6.07, 6.45) is 19.7. The first-order valence-corrected chi connectivity index (χ1v) is 11.5. The molecule has 0 heterocycles. The summed E-state index contributed by atoms with van der Waals surface area (Å²) >= 11 is 0. The standard InChI is InChI=1S/C24H42N2O2/c1-2-3-4-5-6-7-8-9-10-11-12-13-14-15-16-20-26-24(27)28-23-19-17-18-22(25)21-23/h17-19,21H,2-16,20,25H2,1H3,(H,26,27). The van der Waals surface area contributed by atoms with Crippen molar-refractivity contribution in [3.63, 3.8) is 0 Å². The van der Waals surface area contributed by atoms with Gasteiger partial charge >= 0.3 is 6.09 Å². The number of benzene rings is 1. The van der Waals surface area contributed by atoms with Gasteiger partial charge in [-0.25, -0.2) is 4.79 Å². The summed E-state index contributed by atoms with van der Waals surface area (Å²) in [5, 5.41) is 2.80. The Bertz CT molecular complexity index is 505.